The molecular weight excluding hydrogens is 304 g/mol. The molecule has 1 aromatic rings. The summed E-state index contributed by atoms with van der Waals surface area (Å²) < 4.78 is 0. The Morgan fingerprint density at radius 2 is 1.92 bits per heavy atom. The van der Waals surface area contributed by atoms with E-state index in [0.717, 1.165) is 50.5 Å². The number of nitrogens with one attached hydrogen (secondary N) is 2. The Hall–Kier alpha value is -1.79. The fourth-order valence-corrected chi connectivity index (χ4v) is 3.04. The minimum absolute atomic E-state index is 0.00439. The third-order valence-corrected chi connectivity index (χ3v) is 4.62. The zero-order valence-corrected chi connectivity index (χ0v) is 14.8. The van der Waals surface area contributed by atoms with Crippen LogP contribution in [0.3, 0.4) is 0 Å². The van der Waals surface area contributed by atoms with E-state index in [0.29, 0.717) is 6.42 Å². The topological polar surface area (TPSA) is 67.8 Å². The normalized spacial score (nSPS) is 16.7. The van der Waals surface area contributed by atoms with Gasteiger partial charge < -0.3 is 25.5 Å². The second-order valence-corrected chi connectivity index (χ2v) is 6.15. The van der Waals surface area contributed by atoms with Crippen LogP contribution in [0.5, 0.6) is 0 Å². The van der Waals surface area contributed by atoms with Gasteiger partial charge in [-0.25, -0.2) is 4.79 Å². The molecule has 0 radical (unpaired) electrons. The fraction of sp³-hybridized carbons (Fsp3) is 0.611. The number of likely N-dealkylation sites (N-methyl/N-ethyl adjacent to an activating group) is 1. The molecule has 2 amide bonds. The number of carbonyl (C=O) groups excluding carboxylic acids is 1. The summed E-state index contributed by atoms with van der Waals surface area (Å²) in [4.78, 5) is 17.0. The SMILES string of the molecule is CC[C@H](CCO)NC(=O)Nc1ccccc1N1CCN(CC)CC1. The van der Waals surface area contributed by atoms with E-state index in [1.807, 2.05) is 25.1 Å². The first-order valence-electron chi connectivity index (χ1n) is 8.92. The van der Waals surface area contributed by atoms with Gasteiger partial charge in [0, 0.05) is 38.8 Å². The van der Waals surface area contributed by atoms with E-state index in [4.69, 9.17) is 5.11 Å². The zero-order valence-electron chi connectivity index (χ0n) is 14.8. The van der Waals surface area contributed by atoms with Gasteiger partial charge in [0.25, 0.3) is 0 Å². The molecule has 2 rings (SSSR count). The quantitative estimate of drug-likeness (QED) is 0.714. The second-order valence-electron chi connectivity index (χ2n) is 6.15. The lowest BCUT2D eigenvalue weighted by atomic mass is 10.1. The fourth-order valence-electron chi connectivity index (χ4n) is 3.04. The molecule has 0 bridgehead atoms. The molecule has 1 heterocycles. The summed E-state index contributed by atoms with van der Waals surface area (Å²) >= 11 is 0. The van der Waals surface area contributed by atoms with Gasteiger partial charge in [-0.2, -0.15) is 0 Å². The maximum Gasteiger partial charge on any atom is 0.319 e. The van der Waals surface area contributed by atoms with Crippen molar-refractivity contribution in [2.75, 3.05) is 49.5 Å². The molecule has 0 spiro atoms. The Morgan fingerprint density at radius 1 is 1.21 bits per heavy atom. The van der Waals surface area contributed by atoms with Crippen molar-refractivity contribution in [1.82, 2.24) is 10.2 Å². The maximum absolute atomic E-state index is 12.3. The predicted octanol–water partition coefficient (Wildman–Crippen LogP) is 2.11. The van der Waals surface area contributed by atoms with Gasteiger partial charge >= 0.3 is 6.03 Å². The number of aliphatic hydroxyl groups is 1. The van der Waals surface area contributed by atoms with Crippen molar-refractivity contribution >= 4 is 17.4 Å². The van der Waals surface area contributed by atoms with Crippen LogP contribution in [0.25, 0.3) is 0 Å². The number of urea groups is 1. The monoisotopic (exact) mass is 334 g/mol. The predicted molar refractivity (Wildman–Crippen MR) is 98.7 cm³/mol. The molecule has 1 fully saturated rings. The smallest absolute Gasteiger partial charge is 0.319 e. The van der Waals surface area contributed by atoms with Crippen LogP contribution in [-0.2, 0) is 0 Å². The first kappa shape index (κ1) is 18.5. The minimum Gasteiger partial charge on any atom is -0.396 e. The number of para-hydroxylation sites is 2. The van der Waals surface area contributed by atoms with E-state index in [9.17, 15) is 4.79 Å². The molecule has 1 aliphatic heterocycles. The van der Waals surface area contributed by atoms with E-state index < -0.39 is 0 Å². The minimum atomic E-state index is -0.213. The van der Waals surface area contributed by atoms with Gasteiger partial charge in [0.15, 0.2) is 0 Å². The van der Waals surface area contributed by atoms with E-state index in [1.165, 1.54) is 0 Å². The first-order valence-corrected chi connectivity index (χ1v) is 8.92. The molecule has 1 aliphatic rings. The van der Waals surface area contributed by atoms with E-state index >= 15 is 0 Å². The highest BCUT2D eigenvalue weighted by molar-refractivity contribution is 5.93. The van der Waals surface area contributed by atoms with Crippen LogP contribution in [0.4, 0.5) is 16.2 Å². The number of carbonyl (C=O) groups is 1. The highest BCUT2D eigenvalue weighted by Crippen LogP contribution is 2.26. The lowest BCUT2D eigenvalue weighted by Gasteiger charge is -2.36. The maximum atomic E-state index is 12.3. The average molecular weight is 334 g/mol. The number of piperazine rings is 1. The van der Waals surface area contributed by atoms with Gasteiger partial charge in [-0.05, 0) is 31.5 Å². The molecule has 24 heavy (non-hydrogen) atoms. The van der Waals surface area contributed by atoms with Crippen LogP contribution >= 0.6 is 0 Å². The molecule has 6 nitrogen and oxygen atoms in total. The summed E-state index contributed by atoms with van der Waals surface area (Å²) in [6.07, 6.45) is 1.37. The van der Waals surface area contributed by atoms with E-state index in [-0.39, 0.29) is 18.7 Å². The van der Waals surface area contributed by atoms with Gasteiger partial charge in [0.1, 0.15) is 0 Å². The zero-order chi connectivity index (χ0) is 17.4. The van der Waals surface area contributed by atoms with Crippen LogP contribution in [-0.4, -0.2) is 61.4 Å². The van der Waals surface area contributed by atoms with E-state index in [2.05, 4.69) is 33.4 Å². The largest absolute Gasteiger partial charge is 0.396 e. The van der Waals surface area contributed by atoms with E-state index in [1.54, 1.807) is 0 Å². The number of amides is 2. The third-order valence-electron chi connectivity index (χ3n) is 4.62. The standard InChI is InChI=1S/C18H30N4O2/c1-3-15(9-14-23)19-18(24)20-16-7-5-6-8-17(16)22-12-10-21(4-2)11-13-22/h5-8,15,23H,3-4,9-14H2,1-2H3,(H2,19,20,24)/t15-/m1/s1. The number of aliphatic hydroxyl groups excluding tert-OH is 1. The first-order chi connectivity index (χ1) is 11.7. The summed E-state index contributed by atoms with van der Waals surface area (Å²) in [6, 6.07) is 7.72. The van der Waals surface area contributed by atoms with Gasteiger partial charge in [0.2, 0.25) is 0 Å². The van der Waals surface area contributed by atoms with Gasteiger partial charge in [0.05, 0.1) is 11.4 Å². The van der Waals surface area contributed by atoms with Gasteiger partial charge in [-0.3, -0.25) is 0 Å². The molecule has 1 saturated heterocycles. The molecule has 0 aliphatic carbocycles. The lowest BCUT2D eigenvalue weighted by Crippen LogP contribution is -2.46. The molecule has 1 atom stereocenters. The van der Waals surface area contributed by atoms with Crippen molar-refractivity contribution in [2.24, 2.45) is 0 Å². The molecule has 6 heteroatoms. The number of rotatable bonds is 7. The molecule has 1 aromatic carbocycles. The van der Waals surface area contributed by atoms with Crippen molar-refractivity contribution in [3.8, 4) is 0 Å². The van der Waals surface area contributed by atoms with Gasteiger partial charge in [-0.15, -0.1) is 0 Å². The number of hydrogen-bond acceptors (Lipinski definition) is 4. The number of anilines is 2. The van der Waals surface area contributed by atoms with Crippen molar-refractivity contribution < 1.29 is 9.90 Å². The molecular formula is C18H30N4O2. The third kappa shape index (κ3) is 5.11. The summed E-state index contributed by atoms with van der Waals surface area (Å²) in [5.41, 5.74) is 1.90. The highest BCUT2D eigenvalue weighted by atomic mass is 16.3. The van der Waals surface area contributed by atoms with Crippen molar-refractivity contribution in [3.63, 3.8) is 0 Å². The van der Waals surface area contributed by atoms with Crippen LogP contribution < -0.4 is 15.5 Å². The van der Waals surface area contributed by atoms with Crippen LogP contribution in [0, 0.1) is 0 Å². The molecule has 0 unspecified atom stereocenters. The summed E-state index contributed by atoms with van der Waals surface area (Å²) in [7, 11) is 0. The lowest BCUT2D eigenvalue weighted by molar-refractivity contribution is 0.237. The second kappa shape index (κ2) is 9.49. The summed E-state index contributed by atoms with van der Waals surface area (Å²) in [5, 5.41) is 14.9. The molecule has 0 saturated carbocycles. The Labute approximate surface area is 144 Å². The summed E-state index contributed by atoms with van der Waals surface area (Å²) in [6.45, 7) is 9.38. The summed E-state index contributed by atoms with van der Waals surface area (Å²) in [5.74, 6) is 0. The Bertz CT molecular complexity index is 515. The molecule has 3 N–H and O–H groups in total. The van der Waals surface area contributed by atoms with Crippen molar-refractivity contribution in [3.05, 3.63) is 24.3 Å². The number of benzene rings is 1. The van der Waals surface area contributed by atoms with Gasteiger partial charge in [-0.1, -0.05) is 26.0 Å². The Balaban J connectivity index is 1.99. The van der Waals surface area contributed by atoms with Crippen LogP contribution in [0.15, 0.2) is 24.3 Å². The van der Waals surface area contributed by atoms with Crippen LogP contribution in [0.2, 0.25) is 0 Å². The van der Waals surface area contributed by atoms with Crippen LogP contribution in [0.1, 0.15) is 26.7 Å². The highest BCUT2D eigenvalue weighted by Gasteiger charge is 2.19. The molecule has 134 valence electrons. The Morgan fingerprint density at radius 3 is 2.54 bits per heavy atom. The van der Waals surface area contributed by atoms with Crippen molar-refractivity contribution in [2.45, 2.75) is 32.7 Å². The molecule has 0 aromatic heterocycles. The number of nitrogens with zero attached hydrogens (tertiary/aromatic N) is 2. The average Bonchev–Trinajstić information content (AvgIpc) is 2.62. The number of hydrogen-bond donors (Lipinski definition) is 3. The van der Waals surface area contributed by atoms with Crippen molar-refractivity contribution in [1.29, 1.82) is 0 Å². The Kier molecular flexibility index (Phi) is 7.34.